The molecule has 0 aliphatic carbocycles. The number of para-hydroxylation sites is 1. The minimum Gasteiger partial charge on any atom is -0.494 e. The lowest BCUT2D eigenvalue weighted by molar-refractivity contribution is -0.121. The zero-order chi connectivity index (χ0) is 13.4. The van der Waals surface area contributed by atoms with E-state index in [-0.39, 0.29) is 11.9 Å². The zero-order valence-corrected chi connectivity index (χ0v) is 11.5. The summed E-state index contributed by atoms with van der Waals surface area (Å²) >= 11 is 0. The Morgan fingerprint density at radius 3 is 2.72 bits per heavy atom. The molecule has 1 aromatic carbocycles. The maximum absolute atomic E-state index is 11.7. The Labute approximate surface area is 110 Å². The summed E-state index contributed by atoms with van der Waals surface area (Å²) in [5.74, 6) is 0.993. The summed E-state index contributed by atoms with van der Waals surface area (Å²) in [7, 11) is 0. The van der Waals surface area contributed by atoms with Gasteiger partial charge in [-0.05, 0) is 38.3 Å². The summed E-state index contributed by atoms with van der Waals surface area (Å²) in [6, 6.07) is 8.14. The molecule has 100 valence electrons. The van der Waals surface area contributed by atoms with Crippen molar-refractivity contribution in [1.29, 1.82) is 0 Å². The van der Waals surface area contributed by atoms with Gasteiger partial charge in [-0.3, -0.25) is 4.79 Å². The molecule has 1 unspecified atom stereocenters. The lowest BCUT2D eigenvalue weighted by Gasteiger charge is -2.12. The predicted octanol–water partition coefficient (Wildman–Crippen LogP) is 2.93. The van der Waals surface area contributed by atoms with Gasteiger partial charge in [-0.1, -0.05) is 25.1 Å². The second kappa shape index (κ2) is 7.75. The molecule has 0 radical (unpaired) electrons. The van der Waals surface area contributed by atoms with E-state index >= 15 is 0 Å². The molecule has 0 saturated heterocycles. The standard InChI is InChI=1S/C15H23NO2/c1-4-12(3)16-15(17)11-10-13-8-6-7-9-14(13)18-5-2/h6-9,12H,4-5,10-11H2,1-3H3,(H,16,17). The number of rotatable bonds is 7. The molecule has 0 fully saturated rings. The van der Waals surface area contributed by atoms with Gasteiger partial charge in [-0.25, -0.2) is 0 Å². The number of ether oxygens (including phenoxy) is 1. The molecule has 1 rings (SSSR count). The first-order chi connectivity index (χ1) is 8.67. The van der Waals surface area contributed by atoms with Crippen LogP contribution in [0.15, 0.2) is 24.3 Å². The average Bonchev–Trinajstić information content (AvgIpc) is 2.38. The van der Waals surface area contributed by atoms with Crippen LogP contribution in [0.4, 0.5) is 0 Å². The van der Waals surface area contributed by atoms with E-state index in [4.69, 9.17) is 4.74 Å². The molecule has 0 aliphatic heterocycles. The van der Waals surface area contributed by atoms with Crippen molar-refractivity contribution in [1.82, 2.24) is 5.32 Å². The topological polar surface area (TPSA) is 38.3 Å². The van der Waals surface area contributed by atoms with Crippen molar-refractivity contribution >= 4 is 5.91 Å². The number of benzene rings is 1. The molecule has 0 aliphatic rings. The van der Waals surface area contributed by atoms with E-state index < -0.39 is 0 Å². The first kappa shape index (κ1) is 14.6. The van der Waals surface area contributed by atoms with Crippen LogP contribution in [-0.2, 0) is 11.2 Å². The van der Waals surface area contributed by atoms with Crippen LogP contribution in [0.5, 0.6) is 5.75 Å². The number of nitrogens with one attached hydrogen (secondary N) is 1. The molecule has 0 spiro atoms. The first-order valence-corrected chi connectivity index (χ1v) is 6.67. The Balaban J connectivity index is 2.50. The summed E-state index contributed by atoms with van der Waals surface area (Å²) < 4.78 is 5.54. The largest absolute Gasteiger partial charge is 0.494 e. The summed E-state index contributed by atoms with van der Waals surface area (Å²) in [6.45, 7) is 6.70. The van der Waals surface area contributed by atoms with Crippen LogP contribution < -0.4 is 10.1 Å². The molecule has 0 saturated carbocycles. The van der Waals surface area contributed by atoms with Gasteiger partial charge in [0.1, 0.15) is 5.75 Å². The molecular weight excluding hydrogens is 226 g/mol. The van der Waals surface area contributed by atoms with Gasteiger partial charge in [-0.15, -0.1) is 0 Å². The van der Waals surface area contributed by atoms with Crippen molar-refractivity contribution in [2.75, 3.05) is 6.61 Å². The zero-order valence-electron chi connectivity index (χ0n) is 11.5. The van der Waals surface area contributed by atoms with Crippen LogP contribution in [0.2, 0.25) is 0 Å². The number of carbonyl (C=O) groups excluding carboxylic acids is 1. The minimum atomic E-state index is 0.107. The van der Waals surface area contributed by atoms with Gasteiger partial charge in [0.2, 0.25) is 5.91 Å². The number of amides is 1. The number of hydrogen-bond acceptors (Lipinski definition) is 2. The highest BCUT2D eigenvalue weighted by Crippen LogP contribution is 2.19. The molecule has 0 heterocycles. The molecule has 0 aromatic heterocycles. The Kier molecular flexibility index (Phi) is 6.26. The Morgan fingerprint density at radius 2 is 2.06 bits per heavy atom. The van der Waals surface area contributed by atoms with Crippen LogP contribution in [0.1, 0.15) is 39.2 Å². The molecule has 18 heavy (non-hydrogen) atoms. The van der Waals surface area contributed by atoms with Crippen molar-refractivity contribution in [3.63, 3.8) is 0 Å². The number of hydrogen-bond donors (Lipinski definition) is 1. The van der Waals surface area contributed by atoms with E-state index in [1.165, 1.54) is 0 Å². The molecular formula is C15H23NO2. The fraction of sp³-hybridized carbons (Fsp3) is 0.533. The molecule has 3 nitrogen and oxygen atoms in total. The van der Waals surface area contributed by atoms with E-state index in [9.17, 15) is 4.79 Å². The van der Waals surface area contributed by atoms with Crippen LogP contribution in [0, 0.1) is 0 Å². The molecule has 1 N–H and O–H groups in total. The second-order valence-corrected chi connectivity index (χ2v) is 4.42. The van der Waals surface area contributed by atoms with Crippen molar-refractivity contribution in [2.24, 2.45) is 0 Å². The molecule has 1 aromatic rings. The van der Waals surface area contributed by atoms with Gasteiger partial charge in [-0.2, -0.15) is 0 Å². The maximum atomic E-state index is 11.7. The van der Waals surface area contributed by atoms with Crippen LogP contribution >= 0.6 is 0 Å². The van der Waals surface area contributed by atoms with Crippen molar-refractivity contribution in [2.45, 2.75) is 46.1 Å². The van der Waals surface area contributed by atoms with Gasteiger partial charge in [0.25, 0.3) is 0 Å². The van der Waals surface area contributed by atoms with Gasteiger partial charge < -0.3 is 10.1 Å². The van der Waals surface area contributed by atoms with Gasteiger partial charge >= 0.3 is 0 Å². The highest BCUT2D eigenvalue weighted by Gasteiger charge is 2.08. The van der Waals surface area contributed by atoms with E-state index in [0.29, 0.717) is 13.0 Å². The van der Waals surface area contributed by atoms with Crippen molar-refractivity contribution in [3.05, 3.63) is 29.8 Å². The van der Waals surface area contributed by atoms with Crippen molar-refractivity contribution in [3.8, 4) is 5.75 Å². The summed E-state index contributed by atoms with van der Waals surface area (Å²) in [5, 5.41) is 2.97. The lowest BCUT2D eigenvalue weighted by Crippen LogP contribution is -2.32. The number of carbonyl (C=O) groups is 1. The van der Waals surface area contributed by atoms with Crippen LogP contribution in [-0.4, -0.2) is 18.6 Å². The first-order valence-electron chi connectivity index (χ1n) is 6.67. The normalized spacial score (nSPS) is 11.9. The van der Waals surface area contributed by atoms with Gasteiger partial charge in [0.15, 0.2) is 0 Å². The molecule has 1 amide bonds. The van der Waals surface area contributed by atoms with Gasteiger partial charge in [0.05, 0.1) is 6.61 Å². The van der Waals surface area contributed by atoms with Crippen LogP contribution in [0.3, 0.4) is 0 Å². The van der Waals surface area contributed by atoms with E-state index in [2.05, 4.69) is 12.2 Å². The predicted molar refractivity (Wildman–Crippen MR) is 73.8 cm³/mol. The van der Waals surface area contributed by atoms with Crippen molar-refractivity contribution < 1.29 is 9.53 Å². The van der Waals surface area contributed by atoms with E-state index in [1.54, 1.807) is 0 Å². The highest BCUT2D eigenvalue weighted by molar-refractivity contribution is 5.76. The summed E-state index contributed by atoms with van der Waals surface area (Å²) in [4.78, 5) is 11.7. The average molecular weight is 249 g/mol. The lowest BCUT2D eigenvalue weighted by atomic mass is 10.1. The maximum Gasteiger partial charge on any atom is 0.220 e. The smallest absolute Gasteiger partial charge is 0.220 e. The Morgan fingerprint density at radius 1 is 1.33 bits per heavy atom. The minimum absolute atomic E-state index is 0.107. The Hall–Kier alpha value is -1.51. The molecule has 0 bridgehead atoms. The number of aryl methyl sites for hydroxylation is 1. The Bertz CT molecular complexity index is 377. The van der Waals surface area contributed by atoms with E-state index in [1.807, 2.05) is 38.1 Å². The highest BCUT2D eigenvalue weighted by atomic mass is 16.5. The fourth-order valence-corrected chi connectivity index (χ4v) is 1.70. The molecule has 3 heteroatoms. The SMILES string of the molecule is CCOc1ccccc1CCC(=O)NC(C)CC. The van der Waals surface area contributed by atoms with Gasteiger partial charge in [0, 0.05) is 12.5 Å². The third-order valence-electron chi connectivity index (χ3n) is 2.91. The third kappa shape index (κ3) is 4.78. The fourth-order valence-electron chi connectivity index (χ4n) is 1.70. The quantitative estimate of drug-likeness (QED) is 0.807. The third-order valence-corrected chi connectivity index (χ3v) is 2.91. The summed E-state index contributed by atoms with van der Waals surface area (Å²) in [6.07, 6.45) is 2.19. The van der Waals surface area contributed by atoms with Crippen LogP contribution in [0.25, 0.3) is 0 Å². The van der Waals surface area contributed by atoms with E-state index in [0.717, 1.165) is 24.2 Å². The summed E-state index contributed by atoms with van der Waals surface area (Å²) in [5.41, 5.74) is 1.10. The second-order valence-electron chi connectivity index (χ2n) is 4.42. The molecule has 1 atom stereocenters. The monoisotopic (exact) mass is 249 g/mol.